The molecular weight excluding hydrogens is 563 g/mol. The molecule has 0 spiro atoms. The molecule has 1 heteroatoms. The second-order valence-corrected chi connectivity index (χ2v) is 27.7. The number of fused-ring (bicyclic) bond motifs is 3. The van der Waals surface area contributed by atoms with Crippen molar-refractivity contribution in [3.63, 3.8) is 0 Å². The predicted octanol–water partition coefficient (Wildman–Crippen LogP) is 9.14. The van der Waals surface area contributed by atoms with Gasteiger partial charge < -0.3 is 0 Å². The first-order valence-corrected chi connectivity index (χ1v) is 21.5. The molecule has 1 saturated carbocycles. The Hall–Kier alpha value is -1.34. The van der Waals surface area contributed by atoms with Crippen LogP contribution in [-0.2, 0) is 30.3 Å². The van der Waals surface area contributed by atoms with Gasteiger partial charge in [0.05, 0.1) is 0 Å². The fourth-order valence-electron chi connectivity index (χ4n) is 6.67. The third kappa shape index (κ3) is 3.87. The summed E-state index contributed by atoms with van der Waals surface area (Å²) >= 11 is -3.25. The normalized spacial score (nSPS) is 20.6. The fraction of sp³-hybridized carbons (Fsp3) is 0.469. The number of rotatable bonds is 3. The Bertz CT molecular complexity index is 1120. The molecule has 0 aliphatic heterocycles. The molecule has 0 nitrogen and oxygen atoms in total. The van der Waals surface area contributed by atoms with Gasteiger partial charge in [-0.3, -0.25) is 0 Å². The molecule has 1 atom stereocenters. The number of hydrogen-bond donors (Lipinski definition) is 0. The molecule has 0 saturated heterocycles. The van der Waals surface area contributed by atoms with Crippen molar-refractivity contribution in [1.82, 2.24) is 0 Å². The van der Waals surface area contributed by atoms with Crippen molar-refractivity contribution in [2.75, 3.05) is 0 Å². The molecule has 3 aliphatic carbocycles. The van der Waals surface area contributed by atoms with E-state index in [1.165, 1.54) is 47.9 Å². The molecule has 0 radical (unpaired) electrons. The van der Waals surface area contributed by atoms with Crippen LogP contribution in [0.15, 0.2) is 58.0 Å². The zero-order valence-corrected chi connectivity index (χ0v) is 25.2. The van der Waals surface area contributed by atoms with Gasteiger partial charge in [0.1, 0.15) is 0 Å². The quantitative estimate of drug-likeness (QED) is 0.307. The first kappa shape index (κ1) is 23.4. The average Bonchev–Trinajstić information content (AvgIpc) is 3.51. The van der Waals surface area contributed by atoms with Crippen LogP contribution in [0.2, 0.25) is 3.67 Å². The van der Waals surface area contributed by atoms with E-state index in [9.17, 15) is 0 Å². The Morgan fingerprint density at radius 3 is 1.73 bits per heavy atom. The van der Waals surface area contributed by atoms with Gasteiger partial charge in [-0.15, -0.1) is 0 Å². The van der Waals surface area contributed by atoms with Crippen LogP contribution >= 0.6 is 0 Å². The summed E-state index contributed by atoms with van der Waals surface area (Å²) in [6.45, 7) is 14.1. The Morgan fingerprint density at radius 1 is 0.788 bits per heavy atom. The van der Waals surface area contributed by atoms with Gasteiger partial charge in [-0.25, -0.2) is 0 Å². The Morgan fingerprint density at radius 2 is 1.30 bits per heavy atom. The van der Waals surface area contributed by atoms with Crippen LogP contribution in [-0.4, -0.2) is 4.26 Å². The van der Waals surface area contributed by atoms with E-state index >= 15 is 0 Å². The second-order valence-electron chi connectivity index (χ2n) is 12.9. The molecule has 2 aromatic carbocycles. The summed E-state index contributed by atoms with van der Waals surface area (Å²) in [6.07, 6.45) is 14.0. The van der Waals surface area contributed by atoms with Crippen LogP contribution in [0.5, 0.6) is 0 Å². The van der Waals surface area contributed by atoms with Crippen LogP contribution in [0, 0.1) is 0 Å². The maximum absolute atomic E-state index is 5.41. The van der Waals surface area contributed by atoms with Gasteiger partial charge in [0.15, 0.2) is 0 Å². The summed E-state index contributed by atoms with van der Waals surface area (Å²) in [4.78, 5) is 0. The Balaban J connectivity index is 1.79. The fourth-order valence-corrected chi connectivity index (χ4v) is 25.7. The van der Waals surface area contributed by atoms with E-state index in [4.69, 9.17) is 4.26 Å². The van der Waals surface area contributed by atoms with Gasteiger partial charge in [-0.2, -0.15) is 0 Å². The summed E-state index contributed by atoms with van der Waals surface area (Å²) in [5, 5.41) is 0. The van der Waals surface area contributed by atoms with Crippen LogP contribution < -0.4 is 0 Å². The molecule has 0 amide bonds. The SMILES string of the molecule is [CH2]=[Hf]([C]1=CC=CC1)([CH]1CCCC1)[CH]1c2cc(C(C)(C)C)ccc2-c2ccc(C(C)(C)C)cc21. The summed E-state index contributed by atoms with van der Waals surface area (Å²) in [5.41, 5.74) is 9.45. The first-order chi connectivity index (χ1) is 15.5. The van der Waals surface area contributed by atoms with E-state index in [0.29, 0.717) is 3.67 Å². The Kier molecular flexibility index (Phi) is 5.75. The van der Waals surface area contributed by atoms with E-state index in [2.05, 4.69) is 96.2 Å². The molecule has 2 aromatic rings. The van der Waals surface area contributed by atoms with Crippen molar-refractivity contribution < 1.29 is 19.5 Å². The van der Waals surface area contributed by atoms with Crippen LogP contribution in [0.1, 0.15) is 99.6 Å². The predicted molar refractivity (Wildman–Crippen MR) is 142 cm³/mol. The molecule has 173 valence electrons. The van der Waals surface area contributed by atoms with E-state index in [0.717, 1.165) is 10.1 Å². The van der Waals surface area contributed by atoms with Crippen LogP contribution in [0.25, 0.3) is 11.1 Å². The van der Waals surface area contributed by atoms with Crippen molar-refractivity contribution in [1.29, 1.82) is 0 Å². The molecule has 1 fully saturated rings. The average molecular weight is 604 g/mol. The minimum atomic E-state index is -3.25. The molecule has 1 unspecified atom stereocenters. The van der Waals surface area contributed by atoms with Gasteiger partial charge in [-0.1, -0.05) is 0 Å². The van der Waals surface area contributed by atoms with E-state index in [1.54, 1.807) is 14.5 Å². The number of hydrogen-bond acceptors (Lipinski definition) is 0. The van der Waals surface area contributed by atoms with Gasteiger partial charge in [0.2, 0.25) is 0 Å². The summed E-state index contributed by atoms with van der Waals surface area (Å²) in [6, 6.07) is 14.8. The van der Waals surface area contributed by atoms with Gasteiger partial charge in [-0.05, 0) is 0 Å². The molecular formula is C32H41Hf. The van der Waals surface area contributed by atoms with Crippen molar-refractivity contribution >= 4 is 4.26 Å². The zero-order chi connectivity index (χ0) is 23.6. The van der Waals surface area contributed by atoms with Crippen molar-refractivity contribution in [3.05, 3.63) is 80.2 Å². The Labute approximate surface area is 206 Å². The van der Waals surface area contributed by atoms with Crippen LogP contribution in [0.3, 0.4) is 0 Å². The summed E-state index contributed by atoms with van der Waals surface area (Å²) in [7, 11) is 0. The summed E-state index contributed by atoms with van der Waals surface area (Å²) < 4.78 is 8.58. The van der Waals surface area contributed by atoms with Gasteiger partial charge in [0, 0.05) is 0 Å². The third-order valence-electron chi connectivity index (χ3n) is 8.72. The molecule has 0 bridgehead atoms. The van der Waals surface area contributed by atoms with Crippen molar-refractivity contribution in [2.45, 2.75) is 91.8 Å². The molecule has 0 heterocycles. The van der Waals surface area contributed by atoms with E-state index < -0.39 is 19.5 Å². The molecule has 5 rings (SSSR count). The molecule has 0 aromatic heterocycles. The van der Waals surface area contributed by atoms with E-state index in [1.807, 2.05) is 0 Å². The third-order valence-corrected chi connectivity index (χ3v) is 27.6. The monoisotopic (exact) mass is 605 g/mol. The first-order valence-electron chi connectivity index (χ1n) is 13.0. The van der Waals surface area contributed by atoms with Gasteiger partial charge in [0.25, 0.3) is 0 Å². The molecule has 0 N–H and O–H groups in total. The molecule has 3 aliphatic rings. The van der Waals surface area contributed by atoms with Crippen molar-refractivity contribution in [3.8, 4) is 11.1 Å². The van der Waals surface area contributed by atoms with Crippen LogP contribution in [0.4, 0.5) is 0 Å². The standard InChI is InChI=1S/C21H25.C5H9.C5H5.CH2.Hf/c1-20(2,3)16-7-9-18-14(12-16)11-15-13-17(21(4,5)6)8-10-19(15)18;2*1-2-4-5-3-1;;/h7-13H,1-6H3;1H,2-5H2;1-3H,4H2;1H2;. The van der Waals surface area contributed by atoms with Gasteiger partial charge >= 0.3 is 207 Å². The minimum absolute atomic E-state index is 0.160. The maximum atomic E-state index is 5.41. The zero-order valence-electron chi connectivity index (χ0n) is 21.6. The van der Waals surface area contributed by atoms with E-state index in [-0.39, 0.29) is 10.8 Å². The summed E-state index contributed by atoms with van der Waals surface area (Å²) in [5.74, 6) is 0. The topological polar surface area (TPSA) is 0 Å². The number of benzene rings is 2. The van der Waals surface area contributed by atoms with Crippen molar-refractivity contribution in [2.24, 2.45) is 0 Å². The second kappa shape index (κ2) is 8.11. The molecule has 33 heavy (non-hydrogen) atoms. The number of allylic oxidation sites excluding steroid dienone is 4.